The second-order valence-corrected chi connectivity index (χ2v) is 4.29. The summed E-state index contributed by atoms with van der Waals surface area (Å²) in [6.45, 7) is 0.826. The Kier molecular flexibility index (Phi) is 2.46. The summed E-state index contributed by atoms with van der Waals surface area (Å²) in [4.78, 5) is 2.18. The van der Waals surface area contributed by atoms with Gasteiger partial charge in [-0.3, -0.25) is 0 Å². The maximum absolute atomic E-state index is 5.67. The molecule has 1 saturated carbocycles. The fourth-order valence-electron chi connectivity index (χ4n) is 2.10. The molecule has 0 aliphatic heterocycles. The Morgan fingerprint density at radius 3 is 2.64 bits per heavy atom. The van der Waals surface area contributed by atoms with Gasteiger partial charge in [0, 0.05) is 19.8 Å². The number of hydrogen-bond donors (Lipinski definition) is 1. The Morgan fingerprint density at radius 2 is 2.07 bits per heavy atom. The number of anilines is 1. The lowest BCUT2D eigenvalue weighted by molar-refractivity contribution is 0.808. The molecule has 1 aromatic carbocycles. The minimum absolute atomic E-state index is 0.707. The number of rotatable bonds is 3. The van der Waals surface area contributed by atoms with E-state index < -0.39 is 0 Å². The van der Waals surface area contributed by atoms with Gasteiger partial charge in [-0.05, 0) is 36.4 Å². The van der Waals surface area contributed by atoms with E-state index in [-0.39, 0.29) is 0 Å². The summed E-state index contributed by atoms with van der Waals surface area (Å²) in [5.74, 6) is 1.43. The number of hydrogen-bond acceptors (Lipinski definition) is 2. The van der Waals surface area contributed by atoms with Crippen molar-refractivity contribution in [1.29, 1.82) is 0 Å². The van der Waals surface area contributed by atoms with E-state index in [0.29, 0.717) is 5.92 Å². The van der Waals surface area contributed by atoms with Crippen LogP contribution < -0.4 is 10.6 Å². The third kappa shape index (κ3) is 1.62. The van der Waals surface area contributed by atoms with Crippen LogP contribution in [0.15, 0.2) is 24.3 Å². The van der Waals surface area contributed by atoms with Crippen molar-refractivity contribution in [2.24, 2.45) is 11.7 Å². The van der Waals surface area contributed by atoms with E-state index in [1.807, 2.05) is 0 Å². The maximum Gasteiger partial charge on any atom is 0.0396 e. The van der Waals surface area contributed by atoms with Crippen molar-refractivity contribution < 1.29 is 0 Å². The minimum Gasteiger partial charge on any atom is -0.377 e. The highest BCUT2D eigenvalue weighted by Gasteiger charge is 2.38. The summed E-state index contributed by atoms with van der Waals surface area (Å²) in [6.07, 6.45) is 1.27. The Hall–Kier alpha value is -1.02. The van der Waals surface area contributed by atoms with Crippen molar-refractivity contribution in [2.75, 3.05) is 25.5 Å². The van der Waals surface area contributed by atoms with Gasteiger partial charge in [0.2, 0.25) is 0 Å². The Labute approximate surface area is 85.7 Å². The monoisotopic (exact) mass is 190 g/mol. The van der Waals surface area contributed by atoms with E-state index in [1.54, 1.807) is 0 Å². The molecule has 1 aliphatic carbocycles. The van der Waals surface area contributed by atoms with Crippen LogP contribution in [0, 0.1) is 5.92 Å². The average molecular weight is 190 g/mol. The topological polar surface area (TPSA) is 29.3 Å². The summed E-state index contributed by atoms with van der Waals surface area (Å²) >= 11 is 0. The van der Waals surface area contributed by atoms with Crippen molar-refractivity contribution in [3.8, 4) is 0 Å². The summed E-state index contributed by atoms with van der Waals surface area (Å²) in [5, 5.41) is 0. The molecule has 0 aromatic heterocycles. The first-order chi connectivity index (χ1) is 6.74. The minimum atomic E-state index is 0.707. The molecule has 0 amide bonds. The maximum atomic E-state index is 5.67. The zero-order chi connectivity index (χ0) is 10.1. The molecule has 2 rings (SSSR count). The highest BCUT2D eigenvalue weighted by atomic mass is 15.1. The predicted octanol–water partition coefficient (Wildman–Crippen LogP) is 1.81. The van der Waals surface area contributed by atoms with Crippen molar-refractivity contribution in [1.82, 2.24) is 0 Å². The van der Waals surface area contributed by atoms with Gasteiger partial charge in [-0.25, -0.2) is 0 Å². The molecule has 76 valence electrons. The van der Waals surface area contributed by atoms with Crippen LogP contribution in [0.2, 0.25) is 0 Å². The molecular weight excluding hydrogens is 172 g/mol. The Balaban J connectivity index is 2.25. The molecule has 1 aromatic rings. The van der Waals surface area contributed by atoms with Crippen LogP contribution in [0.25, 0.3) is 0 Å². The molecule has 2 nitrogen and oxygen atoms in total. The van der Waals surface area contributed by atoms with E-state index in [2.05, 4.69) is 43.3 Å². The fourth-order valence-corrected chi connectivity index (χ4v) is 2.10. The molecule has 2 heteroatoms. The van der Waals surface area contributed by atoms with Crippen LogP contribution in [0.5, 0.6) is 0 Å². The van der Waals surface area contributed by atoms with Crippen molar-refractivity contribution in [2.45, 2.75) is 12.3 Å². The molecule has 0 spiro atoms. The van der Waals surface area contributed by atoms with Gasteiger partial charge in [0.15, 0.2) is 0 Å². The second kappa shape index (κ2) is 3.62. The number of nitrogens with zero attached hydrogens (tertiary/aromatic N) is 1. The lowest BCUT2D eigenvalue weighted by Gasteiger charge is -2.17. The molecule has 2 unspecified atom stereocenters. The van der Waals surface area contributed by atoms with E-state index in [0.717, 1.165) is 12.5 Å². The highest BCUT2D eigenvalue weighted by Crippen LogP contribution is 2.49. The first kappa shape index (κ1) is 9.53. The Morgan fingerprint density at radius 1 is 1.36 bits per heavy atom. The zero-order valence-corrected chi connectivity index (χ0v) is 8.90. The first-order valence-corrected chi connectivity index (χ1v) is 5.20. The van der Waals surface area contributed by atoms with Crippen LogP contribution in [-0.4, -0.2) is 20.6 Å². The van der Waals surface area contributed by atoms with Crippen LogP contribution in [0.4, 0.5) is 5.69 Å². The van der Waals surface area contributed by atoms with Crippen LogP contribution in [-0.2, 0) is 0 Å². The summed E-state index contributed by atoms with van der Waals surface area (Å²) < 4.78 is 0. The lowest BCUT2D eigenvalue weighted by atomic mass is 10.1. The zero-order valence-electron chi connectivity index (χ0n) is 8.90. The number of nitrogens with two attached hydrogens (primary N) is 1. The third-order valence-corrected chi connectivity index (χ3v) is 3.04. The van der Waals surface area contributed by atoms with Crippen molar-refractivity contribution in [3.05, 3.63) is 29.8 Å². The van der Waals surface area contributed by atoms with Crippen LogP contribution in [0.3, 0.4) is 0 Å². The highest BCUT2D eigenvalue weighted by molar-refractivity contribution is 5.55. The number of para-hydroxylation sites is 1. The first-order valence-electron chi connectivity index (χ1n) is 5.20. The second-order valence-electron chi connectivity index (χ2n) is 4.29. The van der Waals surface area contributed by atoms with Gasteiger partial charge in [0.05, 0.1) is 0 Å². The average Bonchev–Trinajstić information content (AvgIpc) is 2.96. The SMILES string of the molecule is CN(C)c1ccccc1C1CC1CN. The smallest absolute Gasteiger partial charge is 0.0396 e. The molecule has 2 atom stereocenters. The summed E-state index contributed by atoms with van der Waals surface area (Å²) in [7, 11) is 4.19. The largest absolute Gasteiger partial charge is 0.377 e. The predicted molar refractivity (Wildman–Crippen MR) is 60.7 cm³/mol. The van der Waals surface area contributed by atoms with Gasteiger partial charge < -0.3 is 10.6 Å². The molecule has 1 aliphatic rings. The van der Waals surface area contributed by atoms with Gasteiger partial charge in [0.1, 0.15) is 0 Å². The van der Waals surface area contributed by atoms with Gasteiger partial charge in [-0.1, -0.05) is 18.2 Å². The van der Waals surface area contributed by atoms with Gasteiger partial charge in [0.25, 0.3) is 0 Å². The van der Waals surface area contributed by atoms with E-state index in [1.165, 1.54) is 17.7 Å². The van der Waals surface area contributed by atoms with Crippen LogP contribution in [0.1, 0.15) is 17.9 Å². The van der Waals surface area contributed by atoms with Crippen molar-refractivity contribution >= 4 is 5.69 Å². The molecular formula is C12H18N2. The third-order valence-electron chi connectivity index (χ3n) is 3.04. The van der Waals surface area contributed by atoms with Gasteiger partial charge in [-0.2, -0.15) is 0 Å². The quantitative estimate of drug-likeness (QED) is 0.787. The standard InChI is InChI=1S/C12H18N2/c1-14(2)12-6-4-3-5-10(12)11-7-9(11)8-13/h3-6,9,11H,7-8,13H2,1-2H3. The molecule has 1 fully saturated rings. The van der Waals surface area contributed by atoms with Crippen LogP contribution >= 0.6 is 0 Å². The Bertz CT molecular complexity index is 320. The summed E-state index contributed by atoms with van der Waals surface area (Å²) in [5.41, 5.74) is 8.48. The van der Waals surface area contributed by atoms with E-state index in [4.69, 9.17) is 5.73 Å². The van der Waals surface area contributed by atoms with E-state index >= 15 is 0 Å². The van der Waals surface area contributed by atoms with Gasteiger partial charge >= 0.3 is 0 Å². The summed E-state index contributed by atoms with van der Waals surface area (Å²) in [6, 6.07) is 8.63. The molecule has 0 heterocycles. The molecule has 2 N–H and O–H groups in total. The molecule has 0 saturated heterocycles. The lowest BCUT2D eigenvalue weighted by Crippen LogP contribution is -2.11. The van der Waals surface area contributed by atoms with E-state index in [9.17, 15) is 0 Å². The molecule has 0 radical (unpaired) electrons. The fraction of sp³-hybridized carbons (Fsp3) is 0.500. The number of benzene rings is 1. The van der Waals surface area contributed by atoms with Gasteiger partial charge in [-0.15, -0.1) is 0 Å². The normalized spacial score (nSPS) is 24.8. The van der Waals surface area contributed by atoms with Crippen molar-refractivity contribution in [3.63, 3.8) is 0 Å². The molecule has 0 bridgehead atoms. The molecule has 14 heavy (non-hydrogen) atoms.